The average molecular weight is 328 g/mol. The van der Waals surface area contributed by atoms with E-state index in [0.29, 0.717) is 18.2 Å². The van der Waals surface area contributed by atoms with Crippen LogP contribution in [0.3, 0.4) is 0 Å². The van der Waals surface area contributed by atoms with Gasteiger partial charge >= 0.3 is 0 Å². The number of aryl methyl sites for hydroxylation is 1. The van der Waals surface area contributed by atoms with E-state index in [9.17, 15) is 9.90 Å². The molecule has 0 spiro atoms. The molecule has 5 nitrogen and oxygen atoms in total. The van der Waals surface area contributed by atoms with Crippen LogP contribution in [-0.2, 0) is 0 Å². The van der Waals surface area contributed by atoms with Gasteiger partial charge in [0.2, 0.25) is 0 Å². The van der Waals surface area contributed by atoms with E-state index in [-0.39, 0.29) is 5.91 Å². The number of hydrogen-bond donors (Lipinski definition) is 2. The number of rotatable bonds is 5. The molecule has 2 aromatic rings. The van der Waals surface area contributed by atoms with Crippen molar-refractivity contribution in [3.63, 3.8) is 0 Å². The third-order valence-corrected chi connectivity index (χ3v) is 4.61. The van der Waals surface area contributed by atoms with E-state index in [2.05, 4.69) is 5.32 Å². The Labute approximate surface area is 142 Å². The largest absolute Gasteiger partial charge is 0.472 e. The number of likely N-dealkylation sites (tertiary alicyclic amines) is 1. The smallest absolute Gasteiger partial charge is 0.257 e. The first-order chi connectivity index (χ1) is 11.6. The zero-order valence-corrected chi connectivity index (χ0v) is 13.9. The SMILES string of the molecule is Cc1ccc(C(O)CNC2CCN(C(=O)c3ccoc3)CC2)cc1. The number of aliphatic hydroxyl groups is 1. The third kappa shape index (κ3) is 4.04. The lowest BCUT2D eigenvalue weighted by molar-refractivity contribution is 0.0697. The number of aliphatic hydroxyl groups excluding tert-OH is 1. The lowest BCUT2D eigenvalue weighted by Crippen LogP contribution is -2.45. The Kier molecular flexibility index (Phi) is 5.33. The zero-order valence-electron chi connectivity index (χ0n) is 13.9. The van der Waals surface area contributed by atoms with Gasteiger partial charge in [0.15, 0.2) is 0 Å². The Hall–Kier alpha value is -2.11. The quantitative estimate of drug-likeness (QED) is 0.885. The fourth-order valence-electron chi connectivity index (χ4n) is 3.04. The van der Waals surface area contributed by atoms with Crippen LogP contribution in [0.15, 0.2) is 47.3 Å². The van der Waals surface area contributed by atoms with Crippen molar-refractivity contribution in [1.29, 1.82) is 0 Å². The summed E-state index contributed by atoms with van der Waals surface area (Å²) < 4.78 is 4.97. The van der Waals surface area contributed by atoms with Crippen LogP contribution >= 0.6 is 0 Å². The Balaban J connectivity index is 1.44. The highest BCUT2D eigenvalue weighted by atomic mass is 16.3. The highest BCUT2D eigenvalue weighted by Crippen LogP contribution is 2.17. The Morgan fingerprint density at radius 2 is 2.00 bits per heavy atom. The monoisotopic (exact) mass is 328 g/mol. The van der Waals surface area contributed by atoms with E-state index in [1.54, 1.807) is 6.07 Å². The number of furan rings is 1. The topological polar surface area (TPSA) is 65.7 Å². The molecule has 0 bridgehead atoms. The van der Waals surface area contributed by atoms with Crippen LogP contribution in [0.4, 0.5) is 0 Å². The first-order valence-corrected chi connectivity index (χ1v) is 8.43. The molecule has 1 unspecified atom stereocenters. The third-order valence-electron chi connectivity index (χ3n) is 4.61. The minimum Gasteiger partial charge on any atom is -0.472 e. The molecule has 2 heterocycles. The molecule has 1 aromatic heterocycles. The van der Waals surface area contributed by atoms with Gasteiger partial charge in [-0.15, -0.1) is 0 Å². The van der Waals surface area contributed by atoms with Gasteiger partial charge in [-0.2, -0.15) is 0 Å². The maximum Gasteiger partial charge on any atom is 0.257 e. The van der Waals surface area contributed by atoms with Gasteiger partial charge in [-0.05, 0) is 31.4 Å². The molecule has 128 valence electrons. The summed E-state index contributed by atoms with van der Waals surface area (Å²) in [4.78, 5) is 14.1. The van der Waals surface area contributed by atoms with Crippen molar-refractivity contribution in [3.05, 3.63) is 59.5 Å². The summed E-state index contributed by atoms with van der Waals surface area (Å²) in [5.74, 6) is 0.0295. The summed E-state index contributed by atoms with van der Waals surface area (Å²) in [5.41, 5.74) is 2.73. The molecule has 0 aliphatic carbocycles. The second-order valence-corrected chi connectivity index (χ2v) is 6.41. The number of carbonyl (C=O) groups is 1. The molecule has 5 heteroatoms. The number of amides is 1. The highest BCUT2D eigenvalue weighted by Gasteiger charge is 2.24. The van der Waals surface area contributed by atoms with Gasteiger partial charge in [-0.3, -0.25) is 4.79 Å². The highest BCUT2D eigenvalue weighted by molar-refractivity contribution is 5.93. The van der Waals surface area contributed by atoms with Gasteiger partial charge in [0.1, 0.15) is 6.26 Å². The average Bonchev–Trinajstić information content (AvgIpc) is 3.15. The van der Waals surface area contributed by atoms with Gasteiger partial charge in [-0.1, -0.05) is 29.8 Å². The molecular weight excluding hydrogens is 304 g/mol. The summed E-state index contributed by atoms with van der Waals surface area (Å²) in [5, 5.41) is 13.7. The molecule has 1 fully saturated rings. The minimum atomic E-state index is -0.504. The van der Waals surface area contributed by atoms with Crippen LogP contribution in [0.1, 0.15) is 40.4 Å². The normalized spacial score (nSPS) is 17.0. The van der Waals surface area contributed by atoms with Crippen LogP contribution < -0.4 is 5.32 Å². The van der Waals surface area contributed by atoms with E-state index in [4.69, 9.17) is 4.42 Å². The first-order valence-electron chi connectivity index (χ1n) is 8.43. The summed E-state index contributed by atoms with van der Waals surface area (Å²) >= 11 is 0. The standard InChI is InChI=1S/C19H24N2O3/c1-14-2-4-15(5-3-14)18(22)12-20-17-6-9-21(10-7-17)19(23)16-8-11-24-13-16/h2-5,8,11,13,17-18,20,22H,6-7,9-10,12H2,1H3. The minimum absolute atomic E-state index is 0.0295. The molecule has 24 heavy (non-hydrogen) atoms. The molecule has 2 N–H and O–H groups in total. The van der Waals surface area contributed by atoms with E-state index in [1.807, 2.05) is 36.1 Å². The van der Waals surface area contributed by atoms with Gasteiger partial charge < -0.3 is 19.7 Å². The molecular formula is C19H24N2O3. The summed E-state index contributed by atoms with van der Waals surface area (Å²) in [6.45, 7) is 4.01. The van der Waals surface area contributed by atoms with Crippen LogP contribution in [0.2, 0.25) is 0 Å². The van der Waals surface area contributed by atoms with E-state index < -0.39 is 6.10 Å². The molecule has 0 saturated carbocycles. The van der Waals surface area contributed by atoms with E-state index >= 15 is 0 Å². The summed E-state index contributed by atoms with van der Waals surface area (Å²) in [6, 6.07) is 9.99. The van der Waals surface area contributed by atoms with Crippen molar-refractivity contribution in [2.24, 2.45) is 0 Å². The lowest BCUT2D eigenvalue weighted by atomic mass is 10.0. The van der Waals surface area contributed by atoms with Crippen molar-refractivity contribution in [1.82, 2.24) is 10.2 Å². The number of piperidine rings is 1. The van der Waals surface area contributed by atoms with Crippen LogP contribution in [0, 0.1) is 6.92 Å². The van der Waals surface area contributed by atoms with Crippen molar-refractivity contribution < 1.29 is 14.3 Å². The van der Waals surface area contributed by atoms with Gasteiger partial charge in [0.25, 0.3) is 5.91 Å². The van der Waals surface area contributed by atoms with Crippen molar-refractivity contribution >= 4 is 5.91 Å². The second-order valence-electron chi connectivity index (χ2n) is 6.41. The summed E-state index contributed by atoms with van der Waals surface area (Å²) in [6.07, 6.45) is 4.30. The van der Waals surface area contributed by atoms with Crippen molar-refractivity contribution in [2.75, 3.05) is 19.6 Å². The molecule has 0 radical (unpaired) electrons. The molecule has 1 amide bonds. The summed E-state index contributed by atoms with van der Waals surface area (Å²) in [7, 11) is 0. The molecule has 1 aromatic carbocycles. The van der Waals surface area contributed by atoms with Crippen LogP contribution in [0.5, 0.6) is 0 Å². The Bertz CT molecular complexity index is 644. The second kappa shape index (κ2) is 7.64. The molecule has 1 aliphatic rings. The molecule has 1 saturated heterocycles. The number of benzene rings is 1. The molecule has 1 aliphatic heterocycles. The molecule has 3 rings (SSSR count). The predicted molar refractivity (Wildman–Crippen MR) is 91.8 cm³/mol. The van der Waals surface area contributed by atoms with Gasteiger partial charge in [0, 0.05) is 25.7 Å². The molecule has 1 atom stereocenters. The van der Waals surface area contributed by atoms with E-state index in [1.165, 1.54) is 18.1 Å². The maximum atomic E-state index is 12.3. The first kappa shape index (κ1) is 16.7. The Morgan fingerprint density at radius 3 is 2.62 bits per heavy atom. The van der Waals surface area contributed by atoms with Crippen molar-refractivity contribution in [3.8, 4) is 0 Å². The number of hydrogen-bond acceptors (Lipinski definition) is 4. The maximum absolute atomic E-state index is 12.3. The Morgan fingerprint density at radius 1 is 1.29 bits per heavy atom. The van der Waals surface area contributed by atoms with Gasteiger partial charge in [-0.25, -0.2) is 0 Å². The van der Waals surface area contributed by atoms with Crippen molar-refractivity contribution in [2.45, 2.75) is 31.9 Å². The lowest BCUT2D eigenvalue weighted by Gasteiger charge is -2.32. The zero-order chi connectivity index (χ0) is 16.9. The predicted octanol–water partition coefficient (Wildman–Crippen LogP) is 2.52. The number of nitrogens with zero attached hydrogens (tertiary/aromatic N) is 1. The fourth-order valence-corrected chi connectivity index (χ4v) is 3.04. The van der Waals surface area contributed by atoms with Crippen LogP contribution in [-0.4, -0.2) is 41.6 Å². The number of carbonyl (C=O) groups excluding carboxylic acids is 1. The van der Waals surface area contributed by atoms with Gasteiger partial charge in [0.05, 0.1) is 17.9 Å². The number of nitrogens with one attached hydrogen (secondary N) is 1. The fraction of sp³-hybridized carbons (Fsp3) is 0.421. The van der Waals surface area contributed by atoms with E-state index in [0.717, 1.165) is 31.5 Å². The van der Waals surface area contributed by atoms with Crippen LogP contribution in [0.25, 0.3) is 0 Å².